The number of rotatable bonds is 6. The summed E-state index contributed by atoms with van der Waals surface area (Å²) in [7, 11) is 2.91. The van der Waals surface area contributed by atoms with Crippen molar-refractivity contribution < 1.29 is 27.8 Å². The van der Waals surface area contributed by atoms with Crippen molar-refractivity contribution in [2.75, 3.05) is 19.1 Å². The van der Waals surface area contributed by atoms with Crippen LogP contribution in [0.25, 0.3) is 11.1 Å². The Hall–Kier alpha value is -3.78. The predicted octanol–water partition coefficient (Wildman–Crippen LogP) is 5.31. The SMILES string of the molecule is COC(=O)C1Cc2c(ccc(OC)c2OCc2ccc(Cl)cc2)CN1c1nc2ccc(F)cc2o1. The lowest BCUT2D eigenvalue weighted by Gasteiger charge is -2.35. The van der Waals surface area contributed by atoms with E-state index in [2.05, 4.69) is 4.98 Å². The highest BCUT2D eigenvalue weighted by Crippen LogP contribution is 2.40. The van der Waals surface area contributed by atoms with Gasteiger partial charge in [-0.15, -0.1) is 0 Å². The first-order chi connectivity index (χ1) is 17.0. The minimum atomic E-state index is -0.726. The molecule has 35 heavy (non-hydrogen) atoms. The van der Waals surface area contributed by atoms with Crippen LogP contribution in [-0.4, -0.2) is 31.2 Å². The second-order valence-corrected chi connectivity index (χ2v) is 8.57. The van der Waals surface area contributed by atoms with Gasteiger partial charge in [-0.05, 0) is 41.5 Å². The lowest BCUT2D eigenvalue weighted by atomic mass is 9.92. The molecule has 7 nitrogen and oxygen atoms in total. The first-order valence-corrected chi connectivity index (χ1v) is 11.3. The van der Waals surface area contributed by atoms with E-state index in [9.17, 15) is 9.18 Å². The van der Waals surface area contributed by atoms with Crippen molar-refractivity contribution >= 4 is 34.7 Å². The molecule has 0 saturated heterocycles. The maximum absolute atomic E-state index is 13.7. The van der Waals surface area contributed by atoms with Gasteiger partial charge in [-0.2, -0.15) is 4.98 Å². The van der Waals surface area contributed by atoms with E-state index in [4.69, 9.17) is 30.2 Å². The summed E-state index contributed by atoms with van der Waals surface area (Å²) in [6, 6.07) is 14.7. The third-order valence-corrected chi connectivity index (χ3v) is 6.26. The number of fused-ring (bicyclic) bond motifs is 2. The van der Waals surface area contributed by atoms with Crippen molar-refractivity contribution in [1.29, 1.82) is 0 Å². The molecule has 180 valence electrons. The number of benzene rings is 3. The molecule has 0 amide bonds. The van der Waals surface area contributed by atoms with Crippen molar-refractivity contribution in [2.45, 2.75) is 25.6 Å². The van der Waals surface area contributed by atoms with Crippen molar-refractivity contribution in [3.05, 3.63) is 82.1 Å². The zero-order valence-corrected chi connectivity index (χ0v) is 19.8. The Kier molecular flexibility index (Phi) is 6.21. The van der Waals surface area contributed by atoms with E-state index < -0.39 is 17.8 Å². The molecule has 0 radical (unpaired) electrons. The number of oxazole rings is 1. The van der Waals surface area contributed by atoms with Gasteiger partial charge in [0.15, 0.2) is 17.1 Å². The van der Waals surface area contributed by atoms with E-state index in [0.717, 1.165) is 16.7 Å². The van der Waals surface area contributed by atoms with Gasteiger partial charge in [-0.1, -0.05) is 29.8 Å². The molecule has 1 unspecified atom stereocenters. The summed E-state index contributed by atoms with van der Waals surface area (Å²) < 4.78 is 36.3. The van der Waals surface area contributed by atoms with Gasteiger partial charge in [0.25, 0.3) is 6.01 Å². The fraction of sp³-hybridized carbons (Fsp3) is 0.231. The Morgan fingerprint density at radius 3 is 2.71 bits per heavy atom. The fourth-order valence-electron chi connectivity index (χ4n) is 4.23. The Morgan fingerprint density at radius 1 is 1.17 bits per heavy atom. The van der Waals surface area contributed by atoms with Crippen LogP contribution in [0.5, 0.6) is 11.5 Å². The number of hydrogen-bond acceptors (Lipinski definition) is 7. The number of ether oxygens (including phenoxy) is 3. The molecule has 1 aliphatic rings. The van der Waals surface area contributed by atoms with Gasteiger partial charge in [0.2, 0.25) is 0 Å². The third-order valence-electron chi connectivity index (χ3n) is 6.01. The molecule has 0 fully saturated rings. The molecule has 0 saturated carbocycles. The quantitative estimate of drug-likeness (QED) is 0.335. The summed E-state index contributed by atoms with van der Waals surface area (Å²) in [6.07, 6.45) is 0.280. The Labute approximate surface area is 206 Å². The highest BCUT2D eigenvalue weighted by atomic mass is 35.5. The highest BCUT2D eigenvalue weighted by molar-refractivity contribution is 6.30. The van der Waals surface area contributed by atoms with Gasteiger partial charge in [0, 0.05) is 29.6 Å². The third kappa shape index (κ3) is 4.49. The topological polar surface area (TPSA) is 74.0 Å². The summed E-state index contributed by atoms with van der Waals surface area (Å²) >= 11 is 5.99. The van der Waals surface area contributed by atoms with Gasteiger partial charge >= 0.3 is 5.97 Å². The molecule has 0 bridgehead atoms. The lowest BCUT2D eigenvalue weighted by Crippen LogP contribution is -2.46. The van der Waals surface area contributed by atoms with Crippen LogP contribution >= 0.6 is 11.6 Å². The molecular formula is C26H22ClFN2O5. The molecule has 2 heterocycles. The van der Waals surface area contributed by atoms with E-state index in [1.807, 2.05) is 24.3 Å². The smallest absolute Gasteiger partial charge is 0.329 e. The lowest BCUT2D eigenvalue weighted by molar-refractivity contribution is -0.142. The van der Waals surface area contributed by atoms with Crippen LogP contribution in [-0.2, 0) is 29.1 Å². The number of anilines is 1. The van der Waals surface area contributed by atoms with Crippen molar-refractivity contribution in [3.8, 4) is 11.5 Å². The largest absolute Gasteiger partial charge is 0.493 e. The van der Waals surface area contributed by atoms with Gasteiger partial charge < -0.3 is 23.5 Å². The van der Waals surface area contributed by atoms with Crippen LogP contribution in [0.15, 0.2) is 59.0 Å². The zero-order chi connectivity index (χ0) is 24.5. The first kappa shape index (κ1) is 23.0. The van der Waals surface area contributed by atoms with Crippen LogP contribution < -0.4 is 14.4 Å². The number of halogens is 2. The molecule has 0 spiro atoms. The molecular weight excluding hydrogens is 475 g/mol. The Bertz CT molecular complexity index is 1390. The number of esters is 1. The summed E-state index contributed by atoms with van der Waals surface area (Å²) in [6.45, 7) is 0.610. The van der Waals surface area contributed by atoms with Gasteiger partial charge in [-0.3, -0.25) is 0 Å². The molecule has 5 rings (SSSR count). The van der Waals surface area contributed by atoms with Gasteiger partial charge in [-0.25, -0.2) is 9.18 Å². The van der Waals surface area contributed by atoms with E-state index in [1.54, 1.807) is 24.1 Å². The van der Waals surface area contributed by atoms with Crippen molar-refractivity contribution in [3.63, 3.8) is 0 Å². The summed E-state index contributed by atoms with van der Waals surface area (Å²) in [5.74, 6) is 0.249. The zero-order valence-electron chi connectivity index (χ0n) is 19.1. The monoisotopic (exact) mass is 496 g/mol. The van der Waals surface area contributed by atoms with Gasteiger partial charge in [0.1, 0.15) is 24.0 Å². The Balaban J connectivity index is 1.52. The number of hydrogen-bond donors (Lipinski definition) is 0. The maximum Gasteiger partial charge on any atom is 0.329 e. The second kappa shape index (κ2) is 9.46. The maximum atomic E-state index is 13.7. The Morgan fingerprint density at radius 2 is 1.97 bits per heavy atom. The average molecular weight is 497 g/mol. The minimum absolute atomic E-state index is 0.214. The van der Waals surface area contributed by atoms with Crippen molar-refractivity contribution in [1.82, 2.24) is 4.98 Å². The van der Waals surface area contributed by atoms with E-state index >= 15 is 0 Å². The summed E-state index contributed by atoms with van der Waals surface area (Å²) in [5.41, 5.74) is 3.50. The van der Waals surface area contributed by atoms with Crippen molar-refractivity contribution in [2.24, 2.45) is 0 Å². The molecule has 1 aromatic heterocycles. The molecule has 3 aromatic carbocycles. The number of aromatic nitrogens is 1. The fourth-order valence-corrected chi connectivity index (χ4v) is 4.35. The standard InChI is InChI=1S/C26H22ClFN2O5/c1-32-22-10-5-16-13-30(26-29-20-9-8-18(28)11-23(20)35-26)21(25(31)33-2)12-19(16)24(22)34-14-15-3-6-17(27)7-4-15/h3-11,21H,12-14H2,1-2H3. The van der Waals surface area contributed by atoms with E-state index in [1.165, 1.54) is 25.3 Å². The number of carbonyl (C=O) groups is 1. The van der Waals surface area contributed by atoms with E-state index in [0.29, 0.717) is 40.8 Å². The number of carbonyl (C=O) groups excluding carboxylic acids is 1. The number of methoxy groups -OCH3 is 2. The normalized spacial score (nSPS) is 15.1. The molecule has 4 aromatic rings. The molecule has 9 heteroatoms. The predicted molar refractivity (Wildman–Crippen MR) is 128 cm³/mol. The second-order valence-electron chi connectivity index (χ2n) is 8.13. The first-order valence-electron chi connectivity index (χ1n) is 10.9. The van der Waals surface area contributed by atoms with Crippen LogP contribution in [0.3, 0.4) is 0 Å². The number of nitrogens with zero attached hydrogens (tertiary/aromatic N) is 2. The molecule has 0 aliphatic carbocycles. The van der Waals surface area contributed by atoms with Gasteiger partial charge in [0.05, 0.1) is 14.2 Å². The minimum Gasteiger partial charge on any atom is -0.493 e. The van der Waals surface area contributed by atoms with E-state index in [-0.39, 0.29) is 12.4 Å². The van der Waals surface area contributed by atoms with Crippen LogP contribution in [0.4, 0.5) is 10.4 Å². The molecule has 0 N–H and O–H groups in total. The van der Waals surface area contributed by atoms with Crippen LogP contribution in [0, 0.1) is 5.82 Å². The summed E-state index contributed by atoms with van der Waals surface area (Å²) in [5, 5.41) is 0.645. The van der Waals surface area contributed by atoms with Crippen LogP contribution in [0.1, 0.15) is 16.7 Å². The summed E-state index contributed by atoms with van der Waals surface area (Å²) in [4.78, 5) is 19.0. The average Bonchev–Trinajstić information content (AvgIpc) is 3.30. The molecule has 1 aliphatic heterocycles. The molecule has 1 atom stereocenters. The van der Waals surface area contributed by atoms with Crippen LogP contribution in [0.2, 0.25) is 5.02 Å². The highest BCUT2D eigenvalue weighted by Gasteiger charge is 2.37.